The van der Waals surface area contributed by atoms with Crippen LogP contribution in [0.5, 0.6) is 11.5 Å². The molecule has 1 aromatic rings. The summed E-state index contributed by atoms with van der Waals surface area (Å²) in [5, 5.41) is 14.8. The van der Waals surface area contributed by atoms with E-state index in [0.717, 1.165) is 39.8 Å². The Kier molecular flexibility index (Phi) is 14.1. The molecule has 0 atom stereocenters. The van der Waals surface area contributed by atoms with Gasteiger partial charge >= 0.3 is 0 Å². The van der Waals surface area contributed by atoms with Crippen LogP contribution in [-0.4, -0.2) is 102 Å². The number of hydrogen-bond acceptors (Lipinski definition) is 8. The highest BCUT2D eigenvalue weighted by Gasteiger charge is 2.28. The summed E-state index contributed by atoms with van der Waals surface area (Å²) in [6, 6.07) is 5.99. The van der Waals surface area contributed by atoms with Gasteiger partial charge in [-0.15, -0.1) is 0 Å². The highest BCUT2D eigenvalue weighted by molar-refractivity contribution is 7.99. The van der Waals surface area contributed by atoms with Gasteiger partial charge in [0.25, 0.3) is 17.8 Å². The molecule has 34 heavy (non-hydrogen) atoms. The standard InChI is InChI=1S/C19H29N3O3S.2C2H4O2/c1-24-17-3-2-15(14-18(17)25-11-6-20)19(23)22-7-4-16(5-8-22)21-9-12-26-13-10-21;2*1-2(3)4/h2-3,14,16H,4-13,20H2,1H3;2*1H3,(H,3,4). The normalized spacial score (nSPS) is 16.3. The third kappa shape index (κ3) is 11.1. The number of carbonyl (C=O) groups is 3. The molecule has 0 unspecified atom stereocenters. The maximum absolute atomic E-state index is 12.9. The van der Waals surface area contributed by atoms with Gasteiger partial charge in [-0.25, -0.2) is 0 Å². The van der Waals surface area contributed by atoms with E-state index >= 15 is 0 Å². The van der Waals surface area contributed by atoms with E-state index in [4.69, 9.17) is 35.0 Å². The molecule has 2 aliphatic heterocycles. The van der Waals surface area contributed by atoms with Gasteiger partial charge in [-0.3, -0.25) is 19.3 Å². The fourth-order valence-corrected chi connectivity index (χ4v) is 4.58. The van der Waals surface area contributed by atoms with Gasteiger partial charge in [0.05, 0.1) is 7.11 Å². The number of thioether (sulfide) groups is 1. The molecule has 2 aliphatic rings. The summed E-state index contributed by atoms with van der Waals surface area (Å²) in [5.74, 6) is 2.06. The maximum Gasteiger partial charge on any atom is 0.300 e. The Balaban J connectivity index is 0.000000629. The Morgan fingerprint density at radius 3 is 2.09 bits per heavy atom. The van der Waals surface area contributed by atoms with Gasteiger partial charge in [-0.2, -0.15) is 11.8 Å². The zero-order valence-corrected chi connectivity index (χ0v) is 21.0. The van der Waals surface area contributed by atoms with Crippen molar-refractivity contribution in [1.29, 1.82) is 0 Å². The first kappa shape index (κ1) is 29.5. The summed E-state index contributed by atoms with van der Waals surface area (Å²) >= 11 is 2.04. The predicted molar refractivity (Wildman–Crippen MR) is 132 cm³/mol. The van der Waals surface area contributed by atoms with Crippen LogP contribution in [0.4, 0.5) is 0 Å². The summed E-state index contributed by atoms with van der Waals surface area (Å²) in [6.07, 6.45) is 2.12. The van der Waals surface area contributed by atoms with E-state index in [1.165, 1.54) is 24.6 Å². The second kappa shape index (κ2) is 16.2. The second-order valence-corrected chi connectivity index (χ2v) is 8.94. The van der Waals surface area contributed by atoms with E-state index in [0.29, 0.717) is 36.3 Å². The first-order valence-corrected chi connectivity index (χ1v) is 12.4. The lowest BCUT2D eigenvalue weighted by Gasteiger charge is -2.40. The van der Waals surface area contributed by atoms with Crippen molar-refractivity contribution < 1.29 is 34.1 Å². The quantitative estimate of drug-likeness (QED) is 0.531. The lowest BCUT2D eigenvalue weighted by Crippen LogP contribution is -2.49. The van der Waals surface area contributed by atoms with E-state index in [1.807, 2.05) is 22.7 Å². The Morgan fingerprint density at radius 1 is 1.03 bits per heavy atom. The van der Waals surface area contributed by atoms with Gasteiger partial charge in [0.15, 0.2) is 11.5 Å². The molecular formula is C23H37N3O7S. The Morgan fingerprint density at radius 2 is 1.59 bits per heavy atom. The number of carboxylic acid groups (broad SMARTS) is 2. The van der Waals surface area contributed by atoms with Gasteiger partial charge in [0.1, 0.15) is 6.61 Å². The number of amides is 1. The number of nitrogens with two attached hydrogens (primary N) is 1. The van der Waals surface area contributed by atoms with Crippen molar-refractivity contribution in [1.82, 2.24) is 9.80 Å². The second-order valence-electron chi connectivity index (χ2n) is 7.71. The molecule has 3 rings (SSSR count). The molecule has 4 N–H and O–H groups in total. The average Bonchev–Trinajstić information content (AvgIpc) is 2.82. The maximum atomic E-state index is 12.9. The minimum Gasteiger partial charge on any atom is -0.493 e. The number of aliphatic carboxylic acids is 2. The van der Waals surface area contributed by atoms with Crippen LogP contribution in [-0.2, 0) is 9.59 Å². The smallest absolute Gasteiger partial charge is 0.300 e. The average molecular weight is 500 g/mol. The third-order valence-electron chi connectivity index (χ3n) is 5.10. The largest absolute Gasteiger partial charge is 0.493 e. The highest BCUT2D eigenvalue weighted by atomic mass is 32.2. The number of carbonyl (C=O) groups excluding carboxylic acids is 1. The summed E-state index contributed by atoms with van der Waals surface area (Å²) in [4.78, 5) is 35.5. The van der Waals surface area contributed by atoms with Crippen LogP contribution in [0.15, 0.2) is 18.2 Å². The SMILES string of the molecule is CC(=O)O.CC(=O)O.COc1ccc(C(=O)N2CCC(N3CCSCC3)CC2)cc1OCCN. The van der Waals surface area contributed by atoms with E-state index < -0.39 is 11.9 Å². The number of benzene rings is 1. The molecule has 2 heterocycles. The van der Waals surface area contributed by atoms with E-state index in [9.17, 15) is 4.79 Å². The van der Waals surface area contributed by atoms with Crippen LogP contribution in [0.2, 0.25) is 0 Å². The molecule has 0 aromatic heterocycles. The number of likely N-dealkylation sites (tertiary alicyclic amines) is 1. The molecule has 10 nitrogen and oxygen atoms in total. The molecule has 1 aromatic carbocycles. The van der Waals surface area contributed by atoms with Crippen molar-refractivity contribution in [3.05, 3.63) is 23.8 Å². The van der Waals surface area contributed by atoms with Crippen molar-refractivity contribution >= 4 is 29.6 Å². The fraction of sp³-hybridized carbons (Fsp3) is 0.609. The van der Waals surface area contributed by atoms with Crippen molar-refractivity contribution in [2.24, 2.45) is 5.73 Å². The van der Waals surface area contributed by atoms with Gasteiger partial charge in [-0.05, 0) is 31.0 Å². The molecule has 0 radical (unpaired) electrons. The number of piperidine rings is 1. The molecule has 192 valence electrons. The molecule has 0 saturated carbocycles. The number of methoxy groups -OCH3 is 1. The van der Waals surface area contributed by atoms with E-state index in [2.05, 4.69) is 4.90 Å². The van der Waals surface area contributed by atoms with Crippen LogP contribution in [0, 0.1) is 0 Å². The Bertz CT molecular complexity index is 760. The topological polar surface area (TPSA) is 143 Å². The molecule has 2 saturated heterocycles. The van der Waals surface area contributed by atoms with Crippen molar-refractivity contribution in [3.8, 4) is 11.5 Å². The van der Waals surface area contributed by atoms with Crippen LogP contribution in [0.1, 0.15) is 37.0 Å². The molecule has 1 amide bonds. The molecule has 2 fully saturated rings. The summed E-state index contributed by atoms with van der Waals surface area (Å²) in [5.41, 5.74) is 6.15. The minimum absolute atomic E-state index is 0.0675. The molecule has 0 spiro atoms. The first-order valence-electron chi connectivity index (χ1n) is 11.2. The van der Waals surface area contributed by atoms with Crippen LogP contribution < -0.4 is 15.2 Å². The summed E-state index contributed by atoms with van der Waals surface area (Å²) < 4.78 is 10.9. The lowest BCUT2D eigenvalue weighted by atomic mass is 10.0. The summed E-state index contributed by atoms with van der Waals surface area (Å²) in [6.45, 7) is 6.99. The van der Waals surface area contributed by atoms with Gasteiger partial charge in [-0.1, -0.05) is 0 Å². The van der Waals surface area contributed by atoms with E-state index in [-0.39, 0.29) is 5.91 Å². The van der Waals surface area contributed by atoms with Crippen LogP contribution in [0.3, 0.4) is 0 Å². The number of rotatable bonds is 6. The van der Waals surface area contributed by atoms with Crippen LogP contribution in [0.25, 0.3) is 0 Å². The van der Waals surface area contributed by atoms with Crippen LogP contribution >= 0.6 is 11.8 Å². The van der Waals surface area contributed by atoms with E-state index in [1.54, 1.807) is 19.2 Å². The molecule has 11 heteroatoms. The number of hydrogen-bond donors (Lipinski definition) is 3. The zero-order chi connectivity index (χ0) is 25.5. The molecular weight excluding hydrogens is 462 g/mol. The monoisotopic (exact) mass is 499 g/mol. The molecule has 0 aliphatic carbocycles. The van der Waals surface area contributed by atoms with Gasteiger partial charge in [0, 0.05) is 69.7 Å². The van der Waals surface area contributed by atoms with Crippen molar-refractivity contribution in [2.75, 3.05) is 57.9 Å². The fourth-order valence-electron chi connectivity index (χ4n) is 3.65. The van der Waals surface area contributed by atoms with Gasteiger partial charge in [0.2, 0.25) is 0 Å². The summed E-state index contributed by atoms with van der Waals surface area (Å²) in [7, 11) is 1.59. The minimum atomic E-state index is -0.833. The Labute approximate surface area is 205 Å². The highest BCUT2D eigenvalue weighted by Crippen LogP contribution is 2.29. The first-order chi connectivity index (χ1) is 16.2. The predicted octanol–water partition coefficient (Wildman–Crippen LogP) is 1.87. The third-order valence-corrected chi connectivity index (χ3v) is 6.04. The van der Waals surface area contributed by atoms with Gasteiger partial charge < -0.3 is 30.3 Å². The Hall–Kier alpha value is -2.50. The molecule has 0 bridgehead atoms. The van der Waals surface area contributed by atoms with Crippen molar-refractivity contribution in [2.45, 2.75) is 32.7 Å². The number of nitrogens with zero attached hydrogens (tertiary/aromatic N) is 2. The number of ether oxygens (including phenoxy) is 2. The van der Waals surface area contributed by atoms with Crippen molar-refractivity contribution in [3.63, 3.8) is 0 Å². The lowest BCUT2D eigenvalue weighted by molar-refractivity contribution is -0.135. The number of carboxylic acids is 2. The zero-order valence-electron chi connectivity index (χ0n) is 20.2.